The summed E-state index contributed by atoms with van der Waals surface area (Å²) in [4.78, 5) is 29.8. The molecular weight excluding hydrogens is 359 g/mol. The summed E-state index contributed by atoms with van der Waals surface area (Å²) in [6, 6.07) is 10.1. The highest BCUT2D eigenvalue weighted by molar-refractivity contribution is 5.83. The molecule has 6 nitrogen and oxygen atoms in total. The van der Waals surface area contributed by atoms with Gasteiger partial charge in [0, 0.05) is 48.7 Å². The quantitative estimate of drug-likeness (QED) is 0.831. The lowest BCUT2D eigenvalue weighted by Crippen LogP contribution is -2.44. The molecular formula is C21H25FN4O2. The third kappa shape index (κ3) is 5.28. The van der Waals surface area contributed by atoms with E-state index in [1.54, 1.807) is 17.0 Å². The molecule has 28 heavy (non-hydrogen) atoms. The van der Waals surface area contributed by atoms with Gasteiger partial charge in [0.2, 0.25) is 11.8 Å². The van der Waals surface area contributed by atoms with Gasteiger partial charge < -0.3 is 15.5 Å². The summed E-state index contributed by atoms with van der Waals surface area (Å²) in [5, 5.41) is 5.85. The molecule has 1 aromatic heterocycles. The van der Waals surface area contributed by atoms with E-state index in [1.165, 1.54) is 19.1 Å². The second-order valence-corrected chi connectivity index (χ2v) is 7.14. The van der Waals surface area contributed by atoms with Crippen LogP contribution in [0.4, 0.5) is 15.8 Å². The second-order valence-electron chi connectivity index (χ2n) is 7.14. The molecule has 1 aliphatic heterocycles. The number of piperidine rings is 1. The number of pyridine rings is 1. The predicted molar refractivity (Wildman–Crippen MR) is 106 cm³/mol. The molecule has 148 valence electrons. The lowest BCUT2D eigenvalue weighted by atomic mass is 9.93. The molecule has 0 saturated carbocycles. The molecule has 1 saturated heterocycles. The SMILES string of the molecule is CC(=O)NCC(=O)N1CCC[C@@H](c2cc(Nc3ccc(F)cc3)cc(C)n2)C1. The number of aryl methyl sites for hydroxylation is 1. The van der Waals surface area contributed by atoms with Crippen molar-refractivity contribution in [2.24, 2.45) is 0 Å². The number of nitrogens with one attached hydrogen (secondary N) is 2. The fourth-order valence-corrected chi connectivity index (χ4v) is 3.43. The lowest BCUT2D eigenvalue weighted by Gasteiger charge is -2.33. The number of hydrogen-bond donors (Lipinski definition) is 2. The highest BCUT2D eigenvalue weighted by Gasteiger charge is 2.26. The zero-order chi connectivity index (χ0) is 20.1. The fourth-order valence-electron chi connectivity index (χ4n) is 3.43. The van der Waals surface area contributed by atoms with E-state index in [-0.39, 0.29) is 30.1 Å². The predicted octanol–water partition coefficient (Wildman–Crippen LogP) is 3.11. The van der Waals surface area contributed by atoms with Crippen LogP contribution in [0.3, 0.4) is 0 Å². The van der Waals surface area contributed by atoms with E-state index >= 15 is 0 Å². The molecule has 2 N–H and O–H groups in total. The Labute approximate surface area is 164 Å². The highest BCUT2D eigenvalue weighted by Crippen LogP contribution is 2.29. The topological polar surface area (TPSA) is 74.3 Å². The average Bonchev–Trinajstić information content (AvgIpc) is 2.67. The van der Waals surface area contributed by atoms with Crippen molar-refractivity contribution in [2.75, 3.05) is 25.0 Å². The molecule has 0 aliphatic carbocycles. The van der Waals surface area contributed by atoms with Gasteiger partial charge in [0.15, 0.2) is 0 Å². The first-order chi connectivity index (χ1) is 13.4. The Balaban J connectivity index is 1.71. The Morgan fingerprint density at radius 3 is 2.68 bits per heavy atom. The summed E-state index contributed by atoms with van der Waals surface area (Å²) in [7, 11) is 0. The zero-order valence-corrected chi connectivity index (χ0v) is 16.2. The van der Waals surface area contributed by atoms with Gasteiger partial charge >= 0.3 is 0 Å². The van der Waals surface area contributed by atoms with Crippen LogP contribution in [0.15, 0.2) is 36.4 Å². The van der Waals surface area contributed by atoms with Crippen LogP contribution in [0.5, 0.6) is 0 Å². The number of rotatable bonds is 5. The minimum absolute atomic E-state index is 0.0284. The van der Waals surface area contributed by atoms with Crippen molar-refractivity contribution in [3.8, 4) is 0 Å². The number of carbonyl (C=O) groups is 2. The third-order valence-corrected chi connectivity index (χ3v) is 4.79. The van der Waals surface area contributed by atoms with Crippen LogP contribution in [0.2, 0.25) is 0 Å². The van der Waals surface area contributed by atoms with Crippen molar-refractivity contribution in [2.45, 2.75) is 32.6 Å². The summed E-state index contributed by atoms with van der Waals surface area (Å²) >= 11 is 0. The van der Waals surface area contributed by atoms with Crippen LogP contribution >= 0.6 is 0 Å². The molecule has 1 aliphatic rings. The van der Waals surface area contributed by atoms with Crippen LogP contribution < -0.4 is 10.6 Å². The molecule has 2 heterocycles. The van der Waals surface area contributed by atoms with Crippen LogP contribution in [-0.2, 0) is 9.59 Å². The van der Waals surface area contributed by atoms with Gasteiger partial charge in [-0.25, -0.2) is 4.39 Å². The maximum Gasteiger partial charge on any atom is 0.241 e. The maximum atomic E-state index is 13.1. The number of carbonyl (C=O) groups excluding carboxylic acids is 2. The van der Waals surface area contributed by atoms with Gasteiger partial charge in [-0.1, -0.05) is 0 Å². The number of benzene rings is 1. The Bertz CT molecular complexity index is 854. The summed E-state index contributed by atoms with van der Waals surface area (Å²) in [6.07, 6.45) is 1.85. The van der Waals surface area contributed by atoms with Crippen molar-refractivity contribution in [3.05, 3.63) is 53.6 Å². The van der Waals surface area contributed by atoms with E-state index in [9.17, 15) is 14.0 Å². The largest absolute Gasteiger partial charge is 0.355 e. The minimum Gasteiger partial charge on any atom is -0.355 e. The van der Waals surface area contributed by atoms with Crippen LogP contribution in [0.1, 0.15) is 37.1 Å². The van der Waals surface area contributed by atoms with E-state index in [4.69, 9.17) is 0 Å². The Kier molecular flexibility index (Phi) is 6.23. The summed E-state index contributed by atoms with van der Waals surface area (Å²) in [6.45, 7) is 4.65. The molecule has 0 spiro atoms. The molecule has 7 heteroatoms. The summed E-state index contributed by atoms with van der Waals surface area (Å²) in [5.41, 5.74) is 3.50. The smallest absolute Gasteiger partial charge is 0.241 e. The molecule has 0 unspecified atom stereocenters. The lowest BCUT2D eigenvalue weighted by molar-refractivity contribution is -0.133. The molecule has 0 bridgehead atoms. The van der Waals surface area contributed by atoms with E-state index in [1.807, 2.05) is 19.1 Å². The van der Waals surface area contributed by atoms with E-state index in [0.717, 1.165) is 35.6 Å². The van der Waals surface area contributed by atoms with Crippen molar-refractivity contribution < 1.29 is 14.0 Å². The number of amides is 2. The molecule has 1 aromatic carbocycles. The number of anilines is 2. The molecule has 3 rings (SSSR count). The monoisotopic (exact) mass is 384 g/mol. The molecule has 2 aromatic rings. The van der Waals surface area contributed by atoms with E-state index < -0.39 is 0 Å². The van der Waals surface area contributed by atoms with Gasteiger partial charge in [-0.2, -0.15) is 0 Å². The van der Waals surface area contributed by atoms with Crippen LogP contribution in [-0.4, -0.2) is 41.3 Å². The Hall–Kier alpha value is -2.96. The number of aromatic nitrogens is 1. The van der Waals surface area contributed by atoms with Crippen molar-refractivity contribution >= 4 is 23.2 Å². The zero-order valence-electron chi connectivity index (χ0n) is 16.2. The van der Waals surface area contributed by atoms with Gasteiger partial charge in [0.1, 0.15) is 5.82 Å². The van der Waals surface area contributed by atoms with Gasteiger partial charge in [0.25, 0.3) is 0 Å². The standard InChI is InChI=1S/C21H25FN4O2/c1-14-10-19(25-18-7-5-17(22)6-8-18)11-20(24-14)16-4-3-9-26(13-16)21(28)12-23-15(2)27/h5-8,10-11,16H,3-4,9,12-13H2,1-2H3,(H,23,27)(H,24,25)/t16-/m1/s1. The number of halogens is 1. The van der Waals surface area contributed by atoms with Gasteiger partial charge in [-0.15, -0.1) is 0 Å². The fraction of sp³-hybridized carbons (Fsp3) is 0.381. The number of hydrogen-bond acceptors (Lipinski definition) is 4. The maximum absolute atomic E-state index is 13.1. The first kappa shape index (κ1) is 19.8. The molecule has 0 radical (unpaired) electrons. The van der Waals surface area contributed by atoms with Crippen molar-refractivity contribution in [3.63, 3.8) is 0 Å². The molecule has 1 atom stereocenters. The summed E-state index contributed by atoms with van der Waals surface area (Å²) in [5.74, 6) is -0.414. The van der Waals surface area contributed by atoms with E-state index in [2.05, 4.69) is 15.6 Å². The number of likely N-dealkylation sites (tertiary alicyclic amines) is 1. The first-order valence-corrected chi connectivity index (χ1v) is 9.44. The van der Waals surface area contributed by atoms with Crippen molar-refractivity contribution in [1.82, 2.24) is 15.2 Å². The van der Waals surface area contributed by atoms with Crippen LogP contribution in [0.25, 0.3) is 0 Å². The van der Waals surface area contributed by atoms with Gasteiger partial charge in [-0.05, 0) is 56.2 Å². The Morgan fingerprint density at radius 2 is 1.96 bits per heavy atom. The first-order valence-electron chi connectivity index (χ1n) is 9.44. The second kappa shape index (κ2) is 8.82. The molecule has 1 fully saturated rings. The number of nitrogens with zero attached hydrogens (tertiary/aromatic N) is 2. The average molecular weight is 384 g/mol. The Morgan fingerprint density at radius 1 is 1.21 bits per heavy atom. The van der Waals surface area contributed by atoms with Gasteiger partial charge in [-0.3, -0.25) is 14.6 Å². The molecule has 2 amide bonds. The van der Waals surface area contributed by atoms with Crippen LogP contribution in [0, 0.1) is 12.7 Å². The van der Waals surface area contributed by atoms with Gasteiger partial charge in [0.05, 0.1) is 6.54 Å². The highest BCUT2D eigenvalue weighted by atomic mass is 19.1. The normalized spacial score (nSPS) is 16.5. The third-order valence-electron chi connectivity index (χ3n) is 4.79. The van der Waals surface area contributed by atoms with Crippen molar-refractivity contribution in [1.29, 1.82) is 0 Å². The minimum atomic E-state index is -0.275. The summed E-state index contributed by atoms with van der Waals surface area (Å²) < 4.78 is 13.1. The van der Waals surface area contributed by atoms with E-state index in [0.29, 0.717) is 13.1 Å².